The summed E-state index contributed by atoms with van der Waals surface area (Å²) in [6, 6.07) is 7.09. The highest BCUT2D eigenvalue weighted by atomic mass is 32.1. The van der Waals surface area contributed by atoms with Gasteiger partial charge in [0.05, 0.1) is 6.42 Å². The molecule has 2 aromatic heterocycles. The number of rotatable bonds is 7. The zero-order chi connectivity index (χ0) is 22.0. The van der Waals surface area contributed by atoms with Crippen molar-refractivity contribution < 1.29 is 23.6 Å². The van der Waals surface area contributed by atoms with Crippen molar-refractivity contribution in [3.8, 4) is 11.4 Å². The van der Waals surface area contributed by atoms with E-state index in [0.717, 1.165) is 16.8 Å². The Hall–Kier alpha value is -3.33. The fraction of sp³-hybridized carbons (Fsp3) is 0.318. The molecule has 0 N–H and O–H groups in total. The molecule has 9 heteroatoms. The van der Waals surface area contributed by atoms with Gasteiger partial charge in [0.2, 0.25) is 23.4 Å². The zero-order valence-electron chi connectivity index (χ0n) is 17.2. The number of fused-ring (bicyclic) bond motifs is 1. The van der Waals surface area contributed by atoms with Crippen molar-refractivity contribution in [2.24, 2.45) is 0 Å². The molecule has 4 rings (SSSR count). The maximum atomic E-state index is 12.7. The third kappa shape index (κ3) is 4.56. The van der Waals surface area contributed by atoms with Gasteiger partial charge in [-0.25, -0.2) is 0 Å². The summed E-state index contributed by atoms with van der Waals surface area (Å²) in [5, 5.41) is 7.73. The number of hydrogen-bond acceptors (Lipinski definition) is 8. The number of anilines is 1. The number of Topliss-reactive ketones (excluding diaryl/α,β-unsaturated/α-hetero) is 1. The van der Waals surface area contributed by atoms with Gasteiger partial charge < -0.3 is 14.2 Å². The normalized spacial score (nSPS) is 13.7. The number of ether oxygens (including phenoxy) is 1. The highest BCUT2D eigenvalue weighted by Crippen LogP contribution is 2.29. The minimum Gasteiger partial charge on any atom is -0.454 e. The Bertz CT molecular complexity index is 1120. The number of carbonyl (C=O) groups excluding carboxylic acids is 3. The van der Waals surface area contributed by atoms with E-state index in [-0.39, 0.29) is 24.5 Å². The number of thiophene rings is 1. The van der Waals surface area contributed by atoms with Gasteiger partial charge in [0.1, 0.15) is 0 Å². The van der Waals surface area contributed by atoms with Crippen molar-refractivity contribution in [3.63, 3.8) is 0 Å². The van der Waals surface area contributed by atoms with E-state index < -0.39 is 12.1 Å². The molecule has 0 bridgehead atoms. The van der Waals surface area contributed by atoms with Crippen LogP contribution in [0, 0.1) is 0 Å². The van der Waals surface area contributed by atoms with Crippen LogP contribution in [0.25, 0.3) is 11.4 Å². The van der Waals surface area contributed by atoms with Crippen LogP contribution in [0.15, 0.2) is 39.5 Å². The monoisotopic (exact) mass is 439 g/mol. The van der Waals surface area contributed by atoms with E-state index in [4.69, 9.17) is 9.26 Å². The number of hydrogen-bond donors (Lipinski definition) is 0. The van der Waals surface area contributed by atoms with Crippen molar-refractivity contribution in [1.29, 1.82) is 0 Å². The van der Waals surface area contributed by atoms with Crippen LogP contribution in [0.3, 0.4) is 0 Å². The Balaban J connectivity index is 1.32. The molecule has 8 nitrogen and oxygen atoms in total. The number of carbonyl (C=O) groups is 3. The maximum Gasteiger partial charge on any atom is 0.307 e. The summed E-state index contributed by atoms with van der Waals surface area (Å²) >= 11 is 1.53. The van der Waals surface area contributed by atoms with E-state index in [1.807, 2.05) is 16.8 Å². The van der Waals surface area contributed by atoms with Gasteiger partial charge in [-0.1, -0.05) is 5.16 Å². The smallest absolute Gasteiger partial charge is 0.307 e. The first kappa shape index (κ1) is 20.9. The van der Waals surface area contributed by atoms with E-state index in [1.54, 1.807) is 30.0 Å². The molecule has 1 atom stereocenters. The highest BCUT2D eigenvalue weighted by Gasteiger charge is 2.25. The molecule has 0 radical (unpaired) electrons. The fourth-order valence-electron chi connectivity index (χ4n) is 3.50. The van der Waals surface area contributed by atoms with Crippen LogP contribution in [0.1, 0.15) is 42.1 Å². The molecule has 1 aliphatic heterocycles. The number of amides is 1. The first-order valence-corrected chi connectivity index (χ1v) is 10.9. The van der Waals surface area contributed by atoms with E-state index in [9.17, 15) is 14.4 Å². The lowest BCUT2D eigenvalue weighted by Crippen LogP contribution is -2.26. The highest BCUT2D eigenvalue weighted by molar-refractivity contribution is 7.08. The summed E-state index contributed by atoms with van der Waals surface area (Å²) in [4.78, 5) is 42.5. The molecule has 3 heterocycles. The van der Waals surface area contributed by atoms with E-state index in [1.165, 1.54) is 18.3 Å². The van der Waals surface area contributed by atoms with Crippen LogP contribution in [0.2, 0.25) is 0 Å². The SMILES string of the molecule is CC(=O)N1CCc2cc(C(=O)[C@H](C)OC(=O)CCc3nc(-c4ccsc4)no3)ccc21. The molecule has 0 fully saturated rings. The molecule has 1 amide bonds. The largest absolute Gasteiger partial charge is 0.454 e. The molecular weight excluding hydrogens is 418 g/mol. The lowest BCUT2D eigenvalue weighted by Gasteiger charge is -2.16. The summed E-state index contributed by atoms with van der Waals surface area (Å²) in [6.07, 6.45) is 0.0406. The molecule has 1 aromatic carbocycles. The maximum absolute atomic E-state index is 12.7. The summed E-state index contributed by atoms with van der Waals surface area (Å²) in [6.45, 7) is 3.68. The van der Waals surface area contributed by atoms with E-state index in [2.05, 4.69) is 10.1 Å². The topological polar surface area (TPSA) is 103 Å². The number of ketones is 1. The third-order valence-electron chi connectivity index (χ3n) is 5.11. The first-order chi connectivity index (χ1) is 14.9. The van der Waals surface area contributed by atoms with E-state index in [0.29, 0.717) is 30.2 Å². The second-order valence-electron chi connectivity index (χ2n) is 7.28. The standard InChI is InChI=1S/C22H21N3O5S/c1-13(21(28)16-3-4-18-15(11-16)7-9-25(18)14(2)26)29-20(27)6-5-19-23-22(24-30-19)17-8-10-31-12-17/h3-4,8,10-13H,5-7,9H2,1-2H3/t13-/m0/s1. The number of esters is 1. The quantitative estimate of drug-likeness (QED) is 0.410. The van der Waals surface area contributed by atoms with Gasteiger partial charge in [-0.05, 0) is 48.6 Å². The number of aromatic nitrogens is 2. The summed E-state index contributed by atoms with van der Waals surface area (Å²) in [7, 11) is 0. The number of benzene rings is 1. The van der Waals surface area contributed by atoms with Gasteiger partial charge in [-0.15, -0.1) is 0 Å². The molecule has 160 valence electrons. The van der Waals surface area contributed by atoms with Crippen LogP contribution in [-0.2, 0) is 27.2 Å². The van der Waals surface area contributed by atoms with Crippen molar-refractivity contribution >= 4 is 34.7 Å². The Kier molecular flexibility index (Phi) is 5.94. The van der Waals surface area contributed by atoms with Gasteiger partial charge in [0.15, 0.2) is 6.10 Å². The second kappa shape index (κ2) is 8.81. The molecule has 3 aromatic rings. The van der Waals surface area contributed by atoms with Crippen molar-refractivity contribution in [1.82, 2.24) is 10.1 Å². The Morgan fingerprint density at radius 1 is 1.29 bits per heavy atom. The Morgan fingerprint density at radius 3 is 2.87 bits per heavy atom. The van der Waals surface area contributed by atoms with Gasteiger partial charge in [-0.2, -0.15) is 16.3 Å². The molecule has 0 saturated heterocycles. The van der Waals surface area contributed by atoms with Gasteiger partial charge in [0.25, 0.3) is 0 Å². The Labute approximate surface area is 182 Å². The minimum absolute atomic E-state index is 0.0242. The average molecular weight is 439 g/mol. The van der Waals surface area contributed by atoms with Crippen molar-refractivity contribution in [2.75, 3.05) is 11.4 Å². The number of nitrogens with zero attached hydrogens (tertiary/aromatic N) is 3. The van der Waals surface area contributed by atoms with Gasteiger partial charge in [-0.3, -0.25) is 14.4 Å². The second-order valence-corrected chi connectivity index (χ2v) is 8.06. The predicted octanol–water partition coefficient (Wildman–Crippen LogP) is 3.45. The Morgan fingerprint density at radius 2 is 2.13 bits per heavy atom. The lowest BCUT2D eigenvalue weighted by molar-refractivity contribution is -0.146. The average Bonchev–Trinajstić information content (AvgIpc) is 3.51. The molecule has 0 unspecified atom stereocenters. The molecule has 0 spiro atoms. The zero-order valence-corrected chi connectivity index (χ0v) is 18.0. The van der Waals surface area contributed by atoms with Crippen LogP contribution in [-0.4, -0.2) is 40.4 Å². The van der Waals surface area contributed by atoms with Crippen LogP contribution < -0.4 is 4.90 Å². The van der Waals surface area contributed by atoms with Crippen LogP contribution >= 0.6 is 11.3 Å². The molecule has 31 heavy (non-hydrogen) atoms. The van der Waals surface area contributed by atoms with Crippen LogP contribution in [0.4, 0.5) is 5.69 Å². The molecule has 1 aliphatic rings. The van der Waals surface area contributed by atoms with Crippen LogP contribution in [0.5, 0.6) is 0 Å². The predicted molar refractivity (Wildman–Crippen MR) is 114 cm³/mol. The molecule has 0 saturated carbocycles. The van der Waals surface area contributed by atoms with Crippen molar-refractivity contribution in [3.05, 3.63) is 52.0 Å². The summed E-state index contributed by atoms with van der Waals surface area (Å²) < 4.78 is 10.5. The summed E-state index contributed by atoms with van der Waals surface area (Å²) in [5.74, 6) is -0.00212. The fourth-order valence-corrected chi connectivity index (χ4v) is 4.14. The van der Waals surface area contributed by atoms with Crippen molar-refractivity contribution in [2.45, 2.75) is 39.2 Å². The summed E-state index contributed by atoms with van der Waals surface area (Å²) in [5.41, 5.74) is 3.09. The lowest BCUT2D eigenvalue weighted by atomic mass is 10.0. The minimum atomic E-state index is -0.917. The molecule has 0 aliphatic carbocycles. The van der Waals surface area contributed by atoms with Gasteiger partial charge in [0, 0.05) is 42.1 Å². The van der Waals surface area contributed by atoms with Gasteiger partial charge >= 0.3 is 5.97 Å². The number of aryl methyl sites for hydroxylation is 1. The first-order valence-electron chi connectivity index (χ1n) is 9.92. The molecular formula is C22H21N3O5S. The third-order valence-corrected chi connectivity index (χ3v) is 5.79. The van der Waals surface area contributed by atoms with E-state index >= 15 is 0 Å².